The number of rotatable bonds is 7. The zero-order valence-electron chi connectivity index (χ0n) is 19.1. The summed E-state index contributed by atoms with van der Waals surface area (Å²) in [7, 11) is -0.250. The molecule has 2 N–H and O–H groups in total. The van der Waals surface area contributed by atoms with Crippen molar-refractivity contribution in [2.75, 3.05) is 12.4 Å². The van der Waals surface area contributed by atoms with Crippen molar-refractivity contribution in [3.8, 4) is 0 Å². The van der Waals surface area contributed by atoms with Crippen molar-refractivity contribution in [2.24, 2.45) is 4.36 Å². The first-order chi connectivity index (χ1) is 16.3. The summed E-state index contributed by atoms with van der Waals surface area (Å²) in [5, 5.41) is 11.6. The van der Waals surface area contributed by atoms with E-state index in [-0.39, 0.29) is 18.7 Å². The SMILES string of the molecule is CN(Cc1ccc([S-](=O)=NC(=O)Nc2c3c(cc4c2CCC4)CCC3)cc1)C(=O)CCC(=O)O. The third kappa shape index (κ3) is 5.47. The Bertz CT molecular complexity index is 1180. The van der Waals surface area contributed by atoms with Gasteiger partial charge in [-0.15, -0.1) is 0 Å². The van der Waals surface area contributed by atoms with Gasteiger partial charge >= 0.3 is 12.0 Å². The van der Waals surface area contributed by atoms with Crippen molar-refractivity contribution < 1.29 is 23.7 Å². The van der Waals surface area contributed by atoms with E-state index in [4.69, 9.17) is 5.11 Å². The molecule has 9 heteroatoms. The number of carbonyl (C=O) groups is 3. The van der Waals surface area contributed by atoms with Crippen molar-refractivity contribution in [1.82, 2.24) is 4.90 Å². The molecule has 0 bridgehead atoms. The molecule has 0 saturated heterocycles. The lowest BCUT2D eigenvalue weighted by Gasteiger charge is -2.17. The number of hydrogen-bond donors (Lipinski definition) is 2. The number of urea groups is 1. The van der Waals surface area contributed by atoms with Gasteiger partial charge in [-0.25, -0.2) is 4.79 Å². The molecule has 4 rings (SSSR count). The second-order valence-electron chi connectivity index (χ2n) is 8.79. The van der Waals surface area contributed by atoms with E-state index in [1.54, 1.807) is 31.3 Å². The van der Waals surface area contributed by atoms with Gasteiger partial charge in [-0.05, 0) is 66.3 Å². The highest BCUT2D eigenvalue weighted by atomic mass is 32.2. The van der Waals surface area contributed by atoms with Crippen molar-refractivity contribution in [2.45, 2.75) is 62.8 Å². The molecule has 0 fully saturated rings. The highest BCUT2D eigenvalue weighted by Gasteiger charge is 2.24. The molecule has 2 aromatic carbocycles. The molecule has 0 radical (unpaired) electrons. The molecule has 0 unspecified atom stereocenters. The molecule has 2 aliphatic rings. The standard InChI is InChI=1S/C25H28N3O5S/c1-28(22(29)12-13-23(30)31)15-16-8-10-19(11-9-16)34(33)27-25(32)26-24-20-6-2-4-17(20)14-18-5-3-7-21(18)24/h8-11,14H,2-7,12-13,15H2,1H3,(H,26,32)(H,30,31)/q-1. The fraction of sp³-hybridized carbons (Fsp3) is 0.400. The number of nitrogens with zero attached hydrogens (tertiary/aromatic N) is 2. The summed E-state index contributed by atoms with van der Waals surface area (Å²) in [5.74, 6) is -1.27. The second-order valence-corrected chi connectivity index (χ2v) is 9.94. The van der Waals surface area contributed by atoms with Gasteiger partial charge in [0.05, 0.1) is 6.42 Å². The number of carboxylic acids is 1. The number of amides is 3. The topological polar surface area (TPSA) is 116 Å². The first-order valence-corrected chi connectivity index (χ1v) is 12.6. The molecular weight excluding hydrogens is 454 g/mol. The first-order valence-electron chi connectivity index (χ1n) is 11.5. The van der Waals surface area contributed by atoms with Crippen LogP contribution in [0.2, 0.25) is 0 Å². The van der Waals surface area contributed by atoms with Gasteiger partial charge in [0.25, 0.3) is 0 Å². The smallest absolute Gasteiger partial charge is 0.322 e. The van der Waals surface area contributed by atoms with Crippen LogP contribution in [-0.4, -0.2) is 35.0 Å². The fourth-order valence-electron chi connectivity index (χ4n) is 4.70. The molecule has 2 aliphatic carbocycles. The predicted octanol–water partition coefficient (Wildman–Crippen LogP) is 4.23. The molecule has 0 spiro atoms. The zero-order valence-corrected chi connectivity index (χ0v) is 20.0. The van der Waals surface area contributed by atoms with E-state index >= 15 is 0 Å². The number of hydrogen-bond acceptors (Lipinski definition) is 5. The Hall–Kier alpha value is -3.20. The van der Waals surface area contributed by atoms with E-state index in [0.29, 0.717) is 11.4 Å². The summed E-state index contributed by atoms with van der Waals surface area (Å²) < 4.78 is 16.5. The molecule has 3 amide bonds. The largest absolute Gasteiger partial charge is 0.481 e. The van der Waals surface area contributed by atoms with Crippen LogP contribution in [0.25, 0.3) is 0 Å². The molecule has 34 heavy (non-hydrogen) atoms. The minimum absolute atomic E-state index is 0.0598. The second kappa shape index (κ2) is 10.4. The molecule has 0 saturated carbocycles. The van der Waals surface area contributed by atoms with Crippen molar-refractivity contribution >= 4 is 34.2 Å². The summed E-state index contributed by atoms with van der Waals surface area (Å²) in [6.07, 6.45) is 5.83. The summed E-state index contributed by atoms with van der Waals surface area (Å²) in [4.78, 5) is 37.1. The minimum Gasteiger partial charge on any atom is -0.481 e. The van der Waals surface area contributed by atoms with Crippen LogP contribution >= 0.6 is 0 Å². The van der Waals surface area contributed by atoms with E-state index in [2.05, 4.69) is 15.7 Å². The summed E-state index contributed by atoms with van der Waals surface area (Å²) in [6.45, 7) is 0.299. The van der Waals surface area contributed by atoms with Gasteiger partial charge in [0.15, 0.2) is 0 Å². The Morgan fingerprint density at radius 3 is 2.21 bits per heavy atom. The van der Waals surface area contributed by atoms with Crippen LogP contribution in [0.3, 0.4) is 0 Å². The van der Waals surface area contributed by atoms with Gasteiger partial charge in [-0.1, -0.05) is 35.2 Å². The quantitative estimate of drug-likeness (QED) is 0.573. The summed E-state index contributed by atoms with van der Waals surface area (Å²) >= 11 is 0. The molecule has 0 aliphatic heterocycles. The van der Waals surface area contributed by atoms with Gasteiger partial charge in [0.2, 0.25) is 5.91 Å². The van der Waals surface area contributed by atoms with Crippen LogP contribution in [-0.2, 0) is 56.6 Å². The molecule has 2 aromatic rings. The van der Waals surface area contributed by atoms with Gasteiger partial charge in [0, 0.05) is 25.7 Å². The van der Waals surface area contributed by atoms with Crippen LogP contribution in [0, 0.1) is 0 Å². The Kier molecular flexibility index (Phi) is 7.31. The Balaban J connectivity index is 1.41. The minimum atomic E-state index is -1.85. The van der Waals surface area contributed by atoms with Gasteiger partial charge in [-0.2, -0.15) is 10.6 Å². The summed E-state index contributed by atoms with van der Waals surface area (Å²) in [5.41, 5.74) is 6.67. The monoisotopic (exact) mass is 482 g/mol. The van der Waals surface area contributed by atoms with Crippen LogP contribution in [0.15, 0.2) is 39.6 Å². The molecule has 8 nitrogen and oxygen atoms in total. The highest BCUT2D eigenvalue weighted by Crippen LogP contribution is 2.38. The van der Waals surface area contributed by atoms with Gasteiger partial charge in [-0.3, -0.25) is 9.59 Å². The van der Waals surface area contributed by atoms with Crippen molar-refractivity contribution in [3.63, 3.8) is 0 Å². The van der Waals surface area contributed by atoms with E-state index in [1.165, 1.54) is 27.2 Å². The van der Waals surface area contributed by atoms with Crippen molar-refractivity contribution in [1.29, 1.82) is 0 Å². The fourth-order valence-corrected chi connectivity index (χ4v) is 5.37. The van der Waals surface area contributed by atoms with E-state index in [0.717, 1.165) is 49.8 Å². The number of benzene rings is 2. The molecule has 0 aromatic heterocycles. The number of aryl methyl sites for hydroxylation is 2. The van der Waals surface area contributed by atoms with Crippen LogP contribution in [0.4, 0.5) is 10.5 Å². The number of anilines is 1. The van der Waals surface area contributed by atoms with Crippen molar-refractivity contribution in [3.05, 3.63) is 58.1 Å². The predicted molar refractivity (Wildman–Crippen MR) is 128 cm³/mol. The average Bonchev–Trinajstić information content (AvgIpc) is 3.47. The zero-order chi connectivity index (χ0) is 24.2. The number of nitrogens with one attached hydrogen (secondary N) is 1. The van der Waals surface area contributed by atoms with E-state index in [9.17, 15) is 18.6 Å². The Morgan fingerprint density at radius 2 is 1.62 bits per heavy atom. The molecular formula is C25H28N3O5S-. The van der Waals surface area contributed by atoms with Crippen LogP contribution in [0.5, 0.6) is 0 Å². The van der Waals surface area contributed by atoms with Gasteiger partial charge < -0.3 is 23.9 Å². The molecule has 0 heterocycles. The first kappa shape index (κ1) is 23.9. The highest BCUT2D eigenvalue weighted by molar-refractivity contribution is 7.75. The lowest BCUT2D eigenvalue weighted by atomic mass is 9.99. The average molecular weight is 483 g/mol. The number of aliphatic carboxylic acids is 1. The van der Waals surface area contributed by atoms with E-state index in [1.807, 2.05) is 0 Å². The number of fused-ring (bicyclic) bond motifs is 2. The lowest BCUT2D eigenvalue weighted by Crippen LogP contribution is -2.26. The maximum absolute atomic E-state index is 12.7. The van der Waals surface area contributed by atoms with Crippen LogP contribution in [0.1, 0.15) is 53.5 Å². The normalized spacial score (nSPS) is 15.0. The maximum Gasteiger partial charge on any atom is 0.322 e. The Labute approximate surface area is 200 Å². The molecule has 180 valence electrons. The number of carboxylic acid groups (broad SMARTS) is 1. The van der Waals surface area contributed by atoms with E-state index < -0.39 is 22.6 Å². The third-order valence-electron chi connectivity index (χ3n) is 6.39. The number of carbonyl (C=O) groups excluding carboxylic acids is 2. The lowest BCUT2D eigenvalue weighted by molar-refractivity contribution is -0.140. The Morgan fingerprint density at radius 1 is 1.00 bits per heavy atom. The van der Waals surface area contributed by atoms with Crippen LogP contribution < -0.4 is 5.32 Å². The molecule has 0 atom stereocenters. The maximum atomic E-state index is 12.7. The van der Waals surface area contributed by atoms with Gasteiger partial charge in [0.1, 0.15) is 0 Å². The third-order valence-corrected chi connectivity index (χ3v) is 7.40. The summed E-state index contributed by atoms with van der Waals surface area (Å²) in [6, 6.07) is 8.36.